The molecule has 0 aliphatic carbocycles. The predicted molar refractivity (Wildman–Crippen MR) is 120 cm³/mol. The Morgan fingerprint density at radius 3 is 2.58 bits per heavy atom. The van der Waals surface area contributed by atoms with Gasteiger partial charge in [0.25, 0.3) is 5.69 Å². The largest absolute Gasteiger partial charge is 0.369 e. The molecule has 1 N–H and O–H groups in total. The zero-order valence-corrected chi connectivity index (χ0v) is 17.7. The van der Waals surface area contributed by atoms with E-state index in [1.165, 1.54) is 17.4 Å². The first-order valence-electron chi connectivity index (χ1n) is 10.1. The van der Waals surface area contributed by atoms with Crippen molar-refractivity contribution in [1.82, 2.24) is 15.2 Å². The number of nitro groups is 1. The fourth-order valence-corrected chi connectivity index (χ4v) is 4.40. The Hall–Kier alpha value is -3.30. The highest BCUT2D eigenvalue weighted by molar-refractivity contribution is 7.09. The Morgan fingerprint density at radius 2 is 1.90 bits per heavy atom. The molecule has 9 heteroatoms. The van der Waals surface area contributed by atoms with Crippen molar-refractivity contribution in [3.05, 3.63) is 86.9 Å². The molecule has 1 unspecified atom stereocenters. The van der Waals surface area contributed by atoms with E-state index in [4.69, 9.17) is 0 Å². The van der Waals surface area contributed by atoms with Gasteiger partial charge in [0.2, 0.25) is 5.91 Å². The average Bonchev–Trinajstić information content (AvgIpc) is 3.33. The number of non-ortho nitro benzene ring substituents is 1. The van der Waals surface area contributed by atoms with Gasteiger partial charge in [0.05, 0.1) is 11.5 Å². The second-order valence-electron chi connectivity index (χ2n) is 7.32. The number of nitrogens with zero attached hydrogens (tertiary/aromatic N) is 4. The third-order valence-corrected chi connectivity index (χ3v) is 6.12. The number of anilines is 1. The lowest BCUT2D eigenvalue weighted by Crippen LogP contribution is -2.49. The summed E-state index contributed by atoms with van der Waals surface area (Å²) in [5.74, 6) is -0.0483. The number of thiazole rings is 1. The van der Waals surface area contributed by atoms with Crippen LogP contribution in [0.15, 0.2) is 66.2 Å². The molecule has 0 bridgehead atoms. The summed E-state index contributed by atoms with van der Waals surface area (Å²) in [6.45, 7) is 3.15. The van der Waals surface area contributed by atoms with E-state index in [-0.39, 0.29) is 22.6 Å². The van der Waals surface area contributed by atoms with Crippen LogP contribution in [0.4, 0.5) is 11.4 Å². The Kier molecular flexibility index (Phi) is 6.54. The van der Waals surface area contributed by atoms with E-state index in [0.29, 0.717) is 32.7 Å². The molecular weight excluding hydrogens is 414 g/mol. The highest BCUT2D eigenvalue weighted by Gasteiger charge is 2.23. The van der Waals surface area contributed by atoms with Gasteiger partial charge in [-0.05, 0) is 11.6 Å². The van der Waals surface area contributed by atoms with Gasteiger partial charge in [-0.3, -0.25) is 19.8 Å². The molecule has 2 heterocycles. The van der Waals surface area contributed by atoms with Crippen molar-refractivity contribution in [2.24, 2.45) is 0 Å². The number of carbonyl (C=O) groups is 1. The normalized spacial score (nSPS) is 15.4. The Balaban J connectivity index is 1.34. The van der Waals surface area contributed by atoms with E-state index in [9.17, 15) is 14.9 Å². The van der Waals surface area contributed by atoms with E-state index in [1.54, 1.807) is 18.3 Å². The number of benzene rings is 2. The van der Waals surface area contributed by atoms with Crippen LogP contribution in [-0.2, 0) is 4.79 Å². The van der Waals surface area contributed by atoms with Crippen LogP contribution < -0.4 is 10.2 Å². The number of piperazine rings is 1. The number of nitro benzene ring substituents is 1. The zero-order valence-electron chi connectivity index (χ0n) is 16.9. The molecular formula is C22H23N5O3S. The Labute approximate surface area is 184 Å². The van der Waals surface area contributed by atoms with E-state index >= 15 is 0 Å². The van der Waals surface area contributed by atoms with Crippen LogP contribution in [-0.4, -0.2) is 53.4 Å². The molecule has 1 fully saturated rings. The SMILES string of the molecule is O=C(CN1CCN(c2cccc([N+](=O)[O-])c2)CC1)NC(c1ccccc1)c1nccs1. The van der Waals surface area contributed by atoms with E-state index < -0.39 is 0 Å². The topological polar surface area (TPSA) is 91.6 Å². The lowest BCUT2D eigenvalue weighted by molar-refractivity contribution is -0.384. The molecule has 4 rings (SSSR count). The van der Waals surface area contributed by atoms with E-state index in [1.807, 2.05) is 41.8 Å². The van der Waals surface area contributed by atoms with Crippen molar-refractivity contribution >= 4 is 28.6 Å². The van der Waals surface area contributed by atoms with Gasteiger partial charge < -0.3 is 10.2 Å². The Bertz CT molecular complexity index is 1020. The third-order valence-electron chi connectivity index (χ3n) is 5.28. The molecule has 31 heavy (non-hydrogen) atoms. The molecule has 1 aliphatic heterocycles. The minimum Gasteiger partial charge on any atom is -0.369 e. The molecule has 1 aromatic heterocycles. The first kappa shape index (κ1) is 21.0. The number of rotatable bonds is 7. The first-order chi connectivity index (χ1) is 15.1. The number of nitrogens with one attached hydrogen (secondary N) is 1. The zero-order chi connectivity index (χ0) is 21.6. The monoisotopic (exact) mass is 437 g/mol. The van der Waals surface area contributed by atoms with Crippen molar-refractivity contribution in [2.45, 2.75) is 6.04 Å². The summed E-state index contributed by atoms with van der Waals surface area (Å²) >= 11 is 1.52. The molecule has 0 saturated carbocycles. The summed E-state index contributed by atoms with van der Waals surface area (Å²) in [5.41, 5.74) is 1.93. The Morgan fingerprint density at radius 1 is 1.13 bits per heavy atom. The van der Waals surface area contributed by atoms with E-state index in [0.717, 1.165) is 16.3 Å². The van der Waals surface area contributed by atoms with Gasteiger partial charge in [-0.2, -0.15) is 0 Å². The van der Waals surface area contributed by atoms with Gasteiger partial charge in [-0.1, -0.05) is 36.4 Å². The maximum Gasteiger partial charge on any atom is 0.271 e. The summed E-state index contributed by atoms with van der Waals surface area (Å²) in [6, 6.07) is 16.3. The molecule has 0 spiro atoms. The second kappa shape index (κ2) is 9.67. The summed E-state index contributed by atoms with van der Waals surface area (Å²) in [7, 11) is 0. The van der Waals surface area contributed by atoms with Gasteiger partial charge in [0.1, 0.15) is 11.0 Å². The van der Waals surface area contributed by atoms with E-state index in [2.05, 4.69) is 20.1 Å². The van der Waals surface area contributed by atoms with Crippen LogP contribution in [0.3, 0.4) is 0 Å². The molecule has 160 valence electrons. The summed E-state index contributed by atoms with van der Waals surface area (Å²) in [4.78, 5) is 32.0. The van der Waals surface area contributed by atoms with Crippen LogP contribution in [0.5, 0.6) is 0 Å². The quantitative estimate of drug-likeness (QED) is 0.451. The molecule has 1 atom stereocenters. The molecule has 2 aromatic carbocycles. The first-order valence-corrected chi connectivity index (χ1v) is 10.9. The maximum atomic E-state index is 12.8. The number of carbonyl (C=O) groups excluding carboxylic acids is 1. The van der Waals surface area contributed by atoms with Crippen molar-refractivity contribution in [1.29, 1.82) is 0 Å². The van der Waals surface area contributed by atoms with Gasteiger partial charge >= 0.3 is 0 Å². The van der Waals surface area contributed by atoms with Crippen LogP contribution in [0.1, 0.15) is 16.6 Å². The molecule has 1 amide bonds. The van der Waals surface area contributed by atoms with Gasteiger partial charge in [-0.15, -0.1) is 11.3 Å². The number of amides is 1. The second-order valence-corrected chi connectivity index (χ2v) is 8.25. The average molecular weight is 438 g/mol. The number of hydrogen-bond donors (Lipinski definition) is 1. The standard InChI is InChI=1S/C22H23N5O3S/c28-20(24-21(22-23-9-14-31-22)17-5-2-1-3-6-17)16-25-10-12-26(13-11-25)18-7-4-8-19(15-18)27(29)30/h1-9,14-15,21H,10-13,16H2,(H,24,28). The highest BCUT2D eigenvalue weighted by atomic mass is 32.1. The number of hydrogen-bond acceptors (Lipinski definition) is 7. The summed E-state index contributed by atoms with van der Waals surface area (Å²) in [6.07, 6.45) is 1.75. The predicted octanol–water partition coefficient (Wildman–Crippen LogP) is 3.08. The van der Waals surface area contributed by atoms with Crippen molar-refractivity contribution in [3.8, 4) is 0 Å². The molecule has 3 aromatic rings. The van der Waals surface area contributed by atoms with Crippen LogP contribution in [0, 0.1) is 10.1 Å². The minimum atomic E-state index is -0.379. The lowest BCUT2D eigenvalue weighted by atomic mass is 10.1. The fraction of sp³-hybridized carbons (Fsp3) is 0.273. The summed E-state index contributed by atoms with van der Waals surface area (Å²) in [5, 5.41) is 16.9. The molecule has 1 aliphatic rings. The molecule has 8 nitrogen and oxygen atoms in total. The lowest BCUT2D eigenvalue weighted by Gasteiger charge is -2.35. The highest BCUT2D eigenvalue weighted by Crippen LogP contribution is 2.24. The van der Waals surface area contributed by atoms with Gasteiger partial charge in [0.15, 0.2) is 0 Å². The molecule has 0 radical (unpaired) electrons. The summed E-state index contributed by atoms with van der Waals surface area (Å²) < 4.78 is 0. The third kappa shape index (κ3) is 5.25. The smallest absolute Gasteiger partial charge is 0.271 e. The fourth-order valence-electron chi connectivity index (χ4n) is 3.69. The maximum absolute atomic E-state index is 12.8. The molecule has 1 saturated heterocycles. The van der Waals surface area contributed by atoms with Gasteiger partial charge in [0, 0.05) is 55.6 Å². The van der Waals surface area contributed by atoms with Crippen LogP contribution >= 0.6 is 11.3 Å². The van der Waals surface area contributed by atoms with Gasteiger partial charge in [-0.25, -0.2) is 4.98 Å². The minimum absolute atomic E-state index is 0.0483. The van der Waals surface area contributed by atoms with Crippen LogP contribution in [0.2, 0.25) is 0 Å². The van der Waals surface area contributed by atoms with Crippen LogP contribution in [0.25, 0.3) is 0 Å². The van der Waals surface area contributed by atoms with Crippen molar-refractivity contribution in [3.63, 3.8) is 0 Å². The number of aromatic nitrogens is 1. The van der Waals surface area contributed by atoms with Crippen molar-refractivity contribution < 1.29 is 9.72 Å². The van der Waals surface area contributed by atoms with Crippen molar-refractivity contribution in [2.75, 3.05) is 37.6 Å².